The predicted molar refractivity (Wildman–Crippen MR) is 73.7 cm³/mol. The van der Waals surface area contributed by atoms with Crippen LogP contribution in [0.5, 0.6) is 5.75 Å². The Balaban J connectivity index is 2.39. The van der Waals surface area contributed by atoms with Gasteiger partial charge in [0.05, 0.1) is 12.9 Å². The van der Waals surface area contributed by atoms with Crippen molar-refractivity contribution in [2.45, 2.75) is 25.7 Å². The van der Waals surface area contributed by atoms with Gasteiger partial charge in [-0.3, -0.25) is 0 Å². The topological polar surface area (TPSA) is 55.4 Å². The lowest BCUT2D eigenvalue weighted by Gasteiger charge is -2.09. The van der Waals surface area contributed by atoms with Gasteiger partial charge in [0.2, 0.25) is 16.4 Å². The van der Waals surface area contributed by atoms with E-state index >= 15 is 0 Å². The first kappa shape index (κ1) is 16.8. The minimum Gasteiger partial charge on any atom is -0.496 e. The summed E-state index contributed by atoms with van der Waals surface area (Å²) in [7, 11) is -1.94. The van der Waals surface area contributed by atoms with Gasteiger partial charge in [-0.2, -0.15) is 0 Å². The van der Waals surface area contributed by atoms with Gasteiger partial charge < -0.3 is 4.74 Å². The van der Waals surface area contributed by atoms with Crippen molar-refractivity contribution in [2.75, 3.05) is 19.4 Å². The number of methoxy groups -OCH3 is 1. The van der Waals surface area contributed by atoms with Crippen LogP contribution in [0.25, 0.3) is 0 Å². The third kappa shape index (κ3) is 6.29. The minimum absolute atomic E-state index is 0.0400. The summed E-state index contributed by atoms with van der Waals surface area (Å²) in [6, 6.07) is 7.32. The quantitative estimate of drug-likeness (QED) is 0.761. The molecule has 0 atom stereocenters. The maximum atomic E-state index is 11.9. The van der Waals surface area contributed by atoms with Gasteiger partial charge in [-0.25, -0.2) is 21.9 Å². The number of para-hydroxylation sites is 1. The van der Waals surface area contributed by atoms with E-state index in [1.165, 1.54) is 0 Å². The number of rotatable bonds is 9. The summed E-state index contributed by atoms with van der Waals surface area (Å²) in [5.41, 5.74) is 0.894. The second-order valence-corrected chi connectivity index (χ2v) is 6.23. The summed E-state index contributed by atoms with van der Waals surface area (Å²) in [6.07, 6.45) is -2.41. The molecule has 0 saturated heterocycles. The fourth-order valence-corrected chi connectivity index (χ4v) is 2.85. The van der Waals surface area contributed by atoms with E-state index in [1.54, 1.807) is 13.2 Å². The van der Waals surface area contributed by atoms with Crippen molar-refractivity contribution >= 4 is 10.0 Å². The molecule has 1 rings (SSSR count). The van der Waals surface area contributed by atoms with Gasteiger partial charge in [-0.1, -0.05) is 18.2 Å². The van der Waals surface area contributed by atoms with Crippen molar-refractivity contribution in [3.63, 3.8) is 0 Å². The molecule has 0 heterocycles. The molecule has 0 aliphatic rings. The molecular weight excluding hydrogens is 288 g/mol. The van der Waals surface area contributed by atoms with E-state index in [-0.39, 0.29) is 18.7 Å². The Hall–Kier alpha value is -1.21. The third-order valence-electron chi connectivity index (χ3n) is 2.74. The number of sulfonamides is 1. The second-order valence-electron chi connectivity index (χ2n) is 4.31. The number of ether oxygens (including phenoxy) is 1. The summed E-state index contributed by atoms with van der Waals surface area (Å²) in [5.74, 6) is 0.424. The molecule has 114 valence electrons. The Labute approximate surface area is 118 Å². The lowest BCUT2D eigenvalue weighted by Crippen LogP contribution is -2.28. The Morgan fingerprint density at radius 1 is 1.30 bits per heavy atom. The number of halogens is 2. The molecule has 0 aromatic heterocycles. The van der Waals surface area contributed by atoms with E-state index in [2.05, 4.69) is 4.72 Å². The highest BCUT2D eigenvalue weighted by molar-refractivity contribution is 7.89. The average molecular weight is 307 g/mol. The van der Waals surface area contributed by atoms with Crippen molar-refractivity contribution in [1.29, 1.82) is 0 Å². The number of alkyl halides is 2. The van der Waals surface area contributed by atoms with Crippen molar-refractivity contribution in [2.24, 2.45) is 0 Å². The first-order valence-corrected chi connectivity index (χ1v) is 7.97. The summed E-state index contributed by atoms with van der Waals surface area (Å²) in [4.78, 5) is 0. The molecule has 0 unspecified atom stereocenters. The van der Waals surface area contributed by atoms with Crippen LogP contribution in [0, 0.1) is 0 Å². The van der Waals surface area contributed by atoms with E-state index in [0.29, 0.717) is 12.2 Å². The molecule has 1 aromatic carbocycles. The van der Waals surface area contributed by atoms with Crippen LogP contribution in [-0.4, -0.2) is 34.3 Å². The number of nitrogens with one attached hydrogen (secondary N) is 1. The molecule has 0 fully saturated rings. The lowest BCUT2D eigenvalue weighted by molar-refractivity contribution is 0.137. The van der Waals surface area contributed by atoms with Gasteiger partial charge in [-0.15, -0.1) is 0 Å². The number of benzene rings is 1. The molecule has 0 saturated carbocycles. The fourth-order valence-electron chi connectivity index (χ4n) is 1.75. The first-order chi connectivity index (χ1) is 9.44. The number of hydrogen-bond acceptors (Lipinski definition) is 3. The van der Waals surface area contributed by atoms with Crippen molar-refractivity contribution in [3.8, 4) is 5.75 Å². The highest BCUT2D eigenvalue weighted by Gasteiger charge is 2.12. The molecule has 0 bridgehead atoms. The van der Waals surface area contributed by atoms with Crippen LogP contribution in [0.1, 0.15) is 18.4 Å². The standard InChI is InChI=1S/C13H19F2NO3S/c1-19-12-6-3-2-5-11(12)8-9-16-20(17,18)10-4-7-13(14)15/h2-3,5-6,13,16H,4,7-10H2,1H3. The van der Waals surface area contributed by atoms with Crippen LogP contribution in [0.3, 0.4) is 0 Å². The molecule has 7 heteroatoms. The molecule has 1 N–H and O–H groups in total. The molecule has 4 nitrogen and oxygen atoms in total. The van der Waals surface area contributed by atoms with Crippen LogP contribution in [0.4, 0.5) is 8.78 Å². The van der Waals surface area contributed by atoms with E-state index in [9.17, 15) is 17.2 Å². The summed E-state index contributed by atoms with van der Waals surface area (Å²) >= 11 is 0. The second kappa shape index (κ2) is 8.16. The molecule has 1 aromatic rings. The van der Waals surface area contributed by atoms with Gasteiger partial charge >= 0.3 is 0 Å². The maximum absolute atomic E-state index is 11.9. The van der Waals surface area contributed by atoms with E-state index in [0.717, 1.165) is 5.56 Å². The van der Waals surface area contributed by atoms with Crippen molar-refractivity contribution in [1.82, 2.24) is 4.72 Å². The fraction of sp³-hybridized carbons (Fsp3) is 0.538. The number of hydrogen-bond donors (Lipinski definition) is 1. The normalized spacial score (nSPS) is 11.8. The molecule has 0 aliphatic heterocycles. The Kier molecular flexibility index (Phi) is 6.87. The molecule has 0 radical (unpaired) electrons. The molecule has 0 aliphatic carbocycles. The Bertz CT molecular complexity index is 506. The van der Waals surface area contributed by atoms with Crippen LogP contribution >= 0.6 is 0 Å². The van der Waals surface area contributed by atoms with Crippen LogP contribution in [0.2, 0.25) is 0 Å². The molecular formula is C13H19F2NO3S. The van der Waals surface area contributed by atoms with E-state index in [4.69, 9.17) is 4.74 Å². The first-order valence-electron chi connectivity index (χ1n) is 6.32. The van der Waals surface area contributed by atoms with Crippen LogP contribution in [0.15, 0.2) is 24.3 Å². The van der Waals surface area contributed by atoms with Gasteiger partial charge in [0.25, 0.3) is 0 Å². The molecule has 0 spiro atoms. The minimum atomic E-state index is -3.49. The van der Waals surface area contributed by atoms with Gasteiger partial charge in [0.15, 0.2) is 0 Å². The smallest absolute Gasteiger partial charge is 0.238 e. The summed E-state index contributed by atoms with van der Waals surface area (Å²) < 4.78 is 54.6. The zero-order valence-electron chi connectivity index (χ0n) is 11.3. The highest BCUT2D eigenvalue weighted by Crippen LogP contribution is 2.17. The van der Waals surface area contributed by atoms with Crippen LogP contribution in [-0.2, 0) is 16.4 Å². The molecule has 20 heavy (non-hydrogen) atoms. The zero-order chi connectivity index (χ0) is 15.0. The predicted octanol–water partition coefficient (Wildman–Crippen LogP) is 2.20. The van der Waals surface area contributed by atoms with E-state index < -0.39 is 22.9 Å². The Morgan fingerprint density at radius 3 is 2.65 bits per heavy atom. The summed E-state index contributed by atoms with van der Waals surface area (Å²) in [5, 5.41) is 0. The Morgan fingerprint density at radius 2 is 2.00 bits per heavy atom. The monoisotopic (exact) mass is 307 g/mol. The highest BCUT2D eigenvalue weighted by atomic mass is 32.2. The van der Waals surface area contributed by atoms with Gasteiger partial charge in [0, 0.05) is 13.0 Å². The SMILES string of the molecule is COc1ccccc1CCNS(=O)(=O)CCCC(F)F. The third-order valence-corrected chi connectivity index (χ3v) is 4.21. The molecule has 0 amide bonds. The van der Waals surface area contributed by atoms with Crippen molar-refractivity contribution in [3.05, 3.63) is 29.8 Å². The lowest BCUT2D eigenvalue weighted by atomic mass is 10.1. The largest absolute Gasteiger partial charge is 0.496 e. The van der Waals surface area contributed by atoms with E-state index in [1.807, 2.05) is 18.2 Å². The van der Waals surface area contributed by atoms with Gasteiger partial charge in [-0.05, 0) is 24.5 Å². The van der Waals surface area contributed by atoms with Crippen molar-refractivity contribution < 1.29 is 21.9 Å². The zero-order valence-corrected chi connectivity index (χ0v) is 12.1. The maximum Gasteiger partial charge on any atom is 0.238 e. The van der Waals surface area contributed by atoms with Gasteiger partial charge in [0.1, 0.15) is 5.75 Å². The summed E-state index contributed by atoms with van der Waals surface area (Å²) in [6.45, 7) is 0.220. The van der Waals surface area contributed by atoms with Crippen LogP contribution < -0.4 is 9.46 Å². The average Bonchev–Trinajstić information content (AvgIpc) is 2.38.